The fraction of sp³-hybridized carbons (Fsp3) is 0.550. The Kier molecular flexibility index (Phi) is 7.84. The summed E-state index contributed by atoms with van der Waals surface area (Å²) in [6.07, 6.45) is 0.0911. The fourth-order valence-electron chi connectivity index (χ4n) is 2.58. The normalized spacial score (nSPS) is 12.8. The molecule has 0 unspecified atom stereocenters. The molecule has 0 radical (unpaired) electrons. The Hall–Kier alpha value is -2.77. The molecular formula is C20H31N3O5. The number of nitrogens with one attached hydrogen (secondary N) is 2. The van der Waals surface area contributed by atoms with E-state index in [0.29, 0.717) is 6.42 Å². The van der Waals surface area contributed by atoms with Crippen molar-refractivity contribution in [2.45, 2.75) is 59.1 Å². The van der Waals surface area contributed by atoms with Gasteiger partial charge in [-0.25, -0.2) is 4.79 Å². The molecule has 8 heteroatoms. The highest BCUT2D eigenvalue weighted by molar-refractivity contribution is 5.78. The van der Waals surface area contributed by atoms with E-state index in [1.54, 1.807) is 46.8 Å². The molecule has 0 spiro atoms. The molecule has 0 aliphatic rings. The SMILES string of the molecule is CC(C)(C)OC(=O)N[C@H](Cc1ccc(NCC(N)=O)cc1)CC(C)(C)C(=O)O. The van der Waals surface area contributed by atoms with Crippen LogP contribution in [0.5, 0.6) is 0 Å². The Morgan fingerprint density at radius 1 is 1.11 bits per heavy atom. The number of benzene rings is 1. The smallest absolute Gasteiger partial charge is 0.407 e. The maximum absolute atomic E-state index is 12.2. The van der Waals surface area contributed by atoms with Crippen molar-refractivity contribution >= 4 is 23.7 Å². The largest absolute Gasteiger partial charge is 0.481 e. The van der Waals surface area contributed by atoms with Gasteiger partial charge in [-0.05, 0) is 65.2 Å². The van der Waals surface area contributed by atoms with Crippen LogP contribution in [0.2, 0.25) is 0 Å². The average Bonchev–Trinajstić information content (AvgIpc) is 2.51. The summed E-state index contributed by atoms with van der Waals surface area (Å²) in [5, 5.41) is 15.1. The number of nitrogens with two attached hydrogens (primary N) is 1. The highest BCUT2D eigenvalue weighted by atomic mass is 16.6. The highest BCUT2D eigenvalue weighted by Gasteiger charge is 2.32. The zero-order chi connectivity index (χ0) is 21.5. The predicted octanol–water partition coefficient (Wildman–Crippen LogP) is 2.52. The minimum atomic E-state index is -1.01. The summed E-state index contributed by atoms with van der Waals surface area (Å²) in [4.78, 5) is 34.5. The van der Waals surface area contributed by atoms with Crippen molar-refractivity contribution < 1.29 is 24.2 Å². The first-order valence-corrected chi connectivity index (χ1v) is 9.12. The van der Waals surface area contributed by atoms with Gasteiger partial charge in [0, 0.05) is 11.7 Å². The molecule has 1 aromatic carbocycles. The molecule has 0 saturated heterocycles. The number of hydrogen-bond acceptors (Lipinski definition) is 5. The standard InChI is InChI=1S/C20H31N3O5/c1-19(2,3)28-18(27)23-15(11-20(4,5)17(25)26)10-13-6-8-14(9-7-13)22-12-16(21)24/h6-9,15,22H,10-12H2,1-5H3,(H2,21,24)(H,23,27)(H,25,26)/t15-/m1/s1. The summed E-state index contributed by atoms with van der Waals surface area (Å²) in [7, 11) is 0. The van der Waals surface area contributed by atoms with Crippen molar-refractivity contribution in [1.82, 2.24) is 5.32 Å². The van der Waals surface area contributed by atoms with Crippen LogP contribution in [0, 0.1) is 5.41 Å². The minimum Gasteiger partial charge on any atom is -0.481 e. The number of carboxylic acids is 1. The minimum absolute atomic E-state index is 0.0367. The van der Waals surface area contributed by atoms with Gasteiger partial charge in [0.1, 0.15) is 5.60 Å². The molecule has 8 nitrogen and oxygen atoms in total. The lowest BCUT2D eigenvalue weighted by atomic mass is 9.84. The number of primary amides is 1. The van der Waals surface area contributed by atoms with E-state index in [1.165, 1.54) is 0 Å². The molecule has 2 amide bonds. The second-order valence-electron chi connectivity index (χ2n) is 8.46. The van der Waals surface area contributed by atoms with Crippen molar-refractivity contribution in [2.24, 2.45) is 11.1 Å². The first kappa shape index (κ1) is 23.3. The lowest BCUT2D eigenvalue weighted by Gasteiger charge is -2.28. The number of amides is 2. The number of carbonyl (C=O) groups excluding carboxylic acids is 2. The number of carbonyl (C=O) groups is 3. The van der Waals surface area contributed by atoms with Crippen LogP contribution in [0.3, 0.4) is 0 Å². The van der Waals surface area contributed by atoms with Crippen molar-refractivity contribution in [1.29, 1.82) is 0 Å². The van der Waals surface area contributed by atoms with Crippen LogP contribution in [0.25, 0.3) is 0 Å². The van der Waals surface area contributed by atoms with Crippen molar-refractivity contribution in [3.8, 4) is 0 Å². The molecule has 1 atom stereocenters. The van der Waals surface area contributed by atoms with Crippen LogP contribution in [0.4, 0.5) is 10.5 Å². The fourth-order valence-corrected chi connectivity index (χ4v) is 2.58. The van der Waals surface area contributed by atoms with E-state index in [1.807, 2.05) is 12.1 Å². The monoisotopic (exact) mass is 393 g/mol. The Labute approximate surface area is 165 Å². The molecule has 0 bridgehead atoms. The van der Waals surface area contributed by atoms with Gasteiger partial charge in [-0.2, -0.15) is 0 Å². The topological polar surface area (TPSA) is 131 Å². The van der Waals surface area contributed by atoms with Crippen LogP contribution in [-0.2, 0) is 20.7 Å². The lowest BCUT2D eigenvalue weighted by Crippen LogP contribution is -2.43. The number of aliphatic carboxylic acids is 1. The number of rotatable bonds is 9. The molecule has 0 aliphatic carbocycles. The Balaban J connectivity index is 2.87. The second kappa shape index (κ2) is 9.43. The van der Waals surface area contributed by atoms with E-state index in [2.05, 4.69) is 10.6 Å². The van der Waals surface area contributed by atoms with Crippen LogP contribution >= 0.6 is 0 Å². The van der Waals surface area contributed by atoms with E-state index in [4.69, 9.17) is 10.5 Å². The number of hydrogen-bond donors (Lipinski definition) is 4. The number of ether oxygens (including phenoxy) is 1. The molecular weight excluding hydrogens is 362 g/mol. The zero-order valence-corrected chi connectivity index (χ0v) is 17.2. The average molecular weight is 393 g/mol. The van der Waals surface area contributed by atoms with E-state index in [0.717, 1.165) is 11.3 Å². The summed E-state index contributed by atoms with van der Waals surface area (Å²) in [6.45, 7) is 8.57. The Morgan fingerprint density at radius 2 is 1.68 bits per heavy atom. The Bertz CT molecular complexity index is 693. The zero-order valence-electron chi connectivity index (χ0n) is 17.2. The number of anilines is 1. The maximum Gasteiger partial charge on any atom is 0.407 e. The summed E-state index contributed by atoms with van der Waals surface area (Å²) in [5.41, 5.74) is 5.10. The molecule has 0 saturated carbocycles. The van der Waals surface area contributed by atoms with E-state index >= 15 is 0 Å². The van der Waals surface area contributed by atoms with E-state index in [-0.39, 0.29) is 13.0 Å². The summed E-state index contributed by atoms with van der Waals surface area (Å²) < 4.78 is 5.30. The van der Waals surface area contributed by atoms with Gasteiger partial charge in [-0.1, -0.05) is 12.1 Å². The van der Waals surface area contributed by atoms with Crippen molar-refractivity contribution in [2.75, 3.05) is 11.9 Å². The van der Waals surface area contributed by atoms with Gasteiger partial charge in [0.25, 0.3) is 0 Å². The Morgan fingerprint density at radius 3 is 2.14 bits per heavy atom. The van der Waals surface area contributed by atoms with Gasteiger partial charge < -0.3 is 26.2 Å². The molecule has 156 valence electrons. The number of alkyl carbamates (subject to hydrolysis) is 1. The van der Waals surface area contributed by atoms with Crippen LogP contribution in [-0.4, -0.2) is 41.3 Å². The lowest BCUT2D eigenvalue weighted by molar-refractivity contribution is -0.147. The highest BCUT2D eigenvalue weighted by Crippen LogP contribution is 2.25. The molecule has 28 heavy (non-hydrogen) atoms. The molecule has 0 fully saturated rings. The summed E-state index contributed by atoms with van der Waals surface area (Å²) in [6, 6.07) is 6.86. The molecule has 0 aromatic heterocycles. The van der Waals surface area contributed by atoms with Crippen LogP contribution in [0.1, 0.15) is 46.6 Å². The van der Waals surface area contributed by atoms with Crippen LogP contribution < -0.4 is 16.4 Å². The molecule has 1 aromatic rings. The van der Waals surface area contributed by atoms with Gasteiger partial charge in [-0.3, -0.25) is 9.59 Å². The number of carboxylic acid groups (broad SMARTS) is 1. The van der Waals surface area contributed by atoms with Gasteiger partial charge in [0.15, 0.2) is 0 Å². The first-order valence-electron chi connectivity index (χ1n) is 9.12. The van der Waals surface area contributed by atoms with Gasteiger partial charge in [0.2, 0.25) is 5.91 Å². The van der Waals surface area contributed by atoms with Gasteiger partial charge in [-0.15, -0.1) is 0 Å². The van der Waals surface area contributed by atoms with Gasteiger partial charge >= 0.3 is 12.1 Å². The molecule has 0 aliphatic heterocycles. The first-order chi connectivity index (χ1) is 12.8. The second-order valence-corrected chi connectivity index (χ2v) is 8.46. The maximum atomic E-state index is 12.2. The van der Waals surface area contributed by atoms with E-state index < -0.39 is 35.0 Å². The molecule has 1 rings (SSSR count). The molecule has 0 heterocycles. The molecule has 5 N–H and O–H groups in total. The summed E-state index contributed by atoms with van der Waals surface area (Å²) >= 11 is 0. The van der Waals surface area contributed by atoms with Crippen molar-refractivity contribution in [3.63, 3.8) is 0 Å². The quantitative estimate of drug-likeness (QED) is 0.510. The van der Waals surface area contributed by atoms with Crippen LogP contribution in [0.15, 0.2) is 24.3 Å². The van der Waals surface area contributed by atoms with Gasteiger partial charge in [0.05, 0.1) is 12.0 Å². The third kappa shape index (κ3) is 8.75. The predicted molar refractivity (Wildman–Crippen MR) is 107 cm³/mol. The van der Waals surface area contributed by atoms with E-state index in [9.17, 15) is 19.5 Å². The third-order valence-electron chi connectivity index (χ3n) is 3.96. The van der Waals surface area contributed by atoms with Crippen molar-refractivity contribution in [3.05, 3.63) is 29.8 Å². The third-order valence-corrected chi connectivity index (χ3v) is 3.96. The summed E-state index contributed by atoms with van der Waals surface area (Å²) in [5.74, 6) is -1.39.